The maximum absolute atomic E-state index is 10.7. The molecule has 1 aliphatic rings. The second-order valence-electron chi connectivity index (χ2n) is 3.47. The molecular weight excluding hydrogens is 234 g/mol. The van der Waals surface area contributed by atoms with Crippen molar-refractivity contribution >= 4 is 5.82 Å². The van der Waals surface area contributed by atoms with E-state index in [1.165, 1.54) is 0 Å². The van der Waals surface area contributed by atoms with E-state index in [4.69, 9.17) is 7.48 Å². The van der Waals surface area contributed by atoms with Gasteiger partial charge in [-0.15, -0.1) is 0 Å². The van der Waals surface area contributed by atoms with Gasteiger partial charge in [0.25, 0.3) is 0 Å². The minimum absolute atomic E-state index is 0.490. The first-order chi connectivity index (χ1) is 8.73. The van der Waals surface area contributed by atoms with E-state index < -0.39 is 41.8 Å². The van der Waals surface area contributed by atoms with Gasteiger partial charge in [-0.2, -0.15) is 4.57 Å². The predicted octanol–water partition coefficient (Wildman–Crippen LogP) is -1.60. The van der Waals surface area contributed by atoms with E-state index in [1.807, 2.05) is 0 Å². The summed E-state index contributed by atoms with van der Waals surface area (Å²) < 4.78 is 20.0. The zero-order chi connectivity index (χ0) is 14.4. The second kappa shape index (κ2) is 4.37. The topological polar surface area (TPSA) is 131 Å². The first-order valence-electron chi connectivity index (χ1n) is 5.63. The molecule has 0 spiro atoms. The lowest BCUT2D eigenvalue weighted by molar-refractivity contribution is -0.394. The maximum atomic E-state index is 10.7. The molecule has 94 valence electrons. The zero-order valence-electron chi connectivity index (χ0n) is 10.4. The van der Waals surface area contributed by atoms with E-state index in [1.54, 1.807) is 0 Å². The van der Waals surface area contributed by atoms with Crippen molar-refractivity contribution in [2.45, 2.75) is 24.5 Å². The summed E-state index contributed by atoms with van der Waals surface area (Å²) in [5, 5.41) is 39.3. The highest BCUT2D eigenvalue weighted by atomic mass is 16.6. The SMILES string of the molecule is [2H]C([2H])(O)[C@H]1O[C@@H](n2cncc2[N+](=O)[O-])[C@H](O)[C@@H]1O. The van der Waals surface area contributed by atoms with E-state index in [0.717, 1.165) is 17.1 Å². The molecule has 0 aliphatic carbocycles. The van der Waals surface area contributed by atoms with Gasteiger partial charge in [-0.05, 0) is 4.92 Å². The van der Waals surface area contributed by atoms with Crippen molar-refractivity contribution in [3.8, 4) is 0 Å². The van der Waals surface area contributed by atoms with Crippen molar-refractivity contribution in [1.82, 2.24) is 9.55 Å². The van der Waals surface area contributed by atoms with Crippen LogP contribution in [0.3, 0.4) is 0 Å². The molecule has 0 amide bonds. The highest BCUT2D eigenvalue weighted by Gasteiger charge is 2.47. The number of aliphatic hydroxyl groups excluding tert-OH is 2. The van der Waals surface area contributed by atoms with Gasteiger partial charge in [-0.3, -0.25) is 0 Å². The molecule has 17 heavy (non-hydrogen) atoms. The smallest absolute Gasteiger partial charge is 0.344 e. The van der Waals surface area contributed by atoms with Gasteiger partial charge < -0.3 is 30.2 Å². The van der Waals surface area contributed by atoms with E-state index in [-0.39, 0.29) is 0 Å². The number of aromatic nitrogens is 2. The molecule has 0 aromatic carbocycles. The molecule has 0 radical (unpaired) electrons. The molecule has 1 aromatic rings. The standard InChI is InChI=1S/C8H11N3O6/c12-2-4-6(13)7(14)8(17-4)10-3-9-1-5(10)11(15)16/h1,3-4,6-8,12-14H,2H2/t4-,6-,7-,8-/m1/s1/i2D2. The van der Waals surface area contributed by atoms with Crippen LogP contribution in [0.25, 0.3) is 0 Å². The molecule has 9 nitrogen and oxygen atoms in total. The Morgan fingerprint density at radius 2 is 2.35 bits per heavy atom. The summed E-state index contributed by atoms with van der Waals surface area (Å²) in [4.78, 5) is 13.5. The Morgan fingerprint density at radius 1 is 1.65 bits per heavy atom. The molecule has 3 N–H and O–H groups in total. The fourth-order valence-corrected chi connectivity index (χ4v) is 1.63. The van der Waals surface area contributed by atoms with Crippen molar-refractivity contribution in [3.63, 3.8) is 0 Å². The summed E-state index contributed by atoms with van der Waals surface area (Å²) in [7, 11) is 0. The van der Waals surface area contributed by atoms with Crippen LogP contribution in [0, 0.1) is 10.1 Å². The van der Waals surface area contributed by atoms with Crippen LogP contribution in [-0.4, -0.2) is 54.7 Å². The van der Waals surface area contributed by atoms with Gasteiger partial charge in [0, 0.05) is 0 Å². The van der Waals surface area contributed by atoms with Gasteiger partial charge in [-0.1, -0.05) is 0 Å². The molecule has 2 rings (SSSR count). The largest absolute Gasteiger partial charge is 0.394 e. The van der Waals surface area contributed by atoms with Crippen LogP contribution in [-0.2, 0) is 4.74 Å². The molecule has 1 fully saturated rings. The third-order valence-electron chi connectivity index (χ3n) is 2.47. The van der Waals surface area contributed by atoms with Gasteiger partial charge in [0.05, 0.1) is 9.30 Å². The Balaban J connectivity index is 2.32. The molecule has 1 saturated heterocycles. The van der Waals surface area contributed by atoms with E-state index in [0.29, 0.717) is 0 Å². The van der Waals surface area contributed by atoms with Crippen molar-refractivity contribution in [3.05, 3.63) is 22.6 Å². The fraction of sp³-hybridized carbons (Fsp3) is 0.625. The number of rotatable bonds is 3. The molecule has 2 heterocycles. The Hall–Kier alpha value is -1.55. The number of nitrogens with zero attached hydrogens (tertiary/aromatic N) is 3. The van der Waals surface area contributed by atoms with Crippen LogP contribution >= 0.6 is 0 Å². The van der Waals surface area contributed by atoms with E-state index in [9.17, 15) is 25.4 Å². The minimum atomic E-state index is -2.90. The lowest BCUT2D eigenvalue weighted by atomic mass is 10.1. The first-order valence-corrected chi connectivity index (χ1v) is 4.63. The lowest BCUT2D eigenvalue weighted by Gasteiger charge is -2.12. The number of hydrogen-bond acceptors (Lipinski definition) is 7. The number of nitro groups is 1. The summed E-state index contributed by atoms with van der Waals surface area (Å²) in [6, 6.07) is 0. The summed E-state index contributed by atoms with van der Waals surface area (Å²) in [6.45, 7) is -2.90. The molecule has 9 heteroatoms. The third kappa shape index (κ3) is 1.89. The number of hydrogen-bond donors (Lipinski definition) is 3. The summed E-state index contributed by atoms with van der Waals surface area (Å²) >= 11 is 0. The summed E-state index contributed by atoms with van der Waals surface area (Å²) in [6.07, 6.45) is -4.58. The molecular formula is C8H11N3O6. The van der Waals surface area contributed by atoms with Gasteiger partial charge >= 0.3 is 5.82 Å². The predicted molar refractivity (Wildman–Crippen MR) is 51.9 cm³/mol. The molecule has 0 saturated carbocycles. The average molecular weight is 247 g/mol. The van der Waals surface area contributed by atoms with Crippen LogP contribution in [0.1, 0.15) is 8.97 Å². The Morgan fingerprint density at radius 3 is 2.88 bits per heavy atom. The number of ether oxygens (including phenoxy) is 1. The van der Waals surface area contributed by atoms with Gasteiger partial charge in [-0.25, -0.2) is 4.98 Å². The van der Waals surface area contributed by atoms with Crippen molar-refractivity contribution < 1.29 is 27.7 Å². The second-order valence-corrected chi connectivity index (χ2v) is 3.47. The first kappa shape index (κ1) is 9.48. The molecule has 1 aliphatic heterocycles. The highest BCUT2D eigenvalue weighted by molar-refractivity contribution is 5.16. The normalized spacial score (nSPS) is 35.5. The summed E-state index contributed by atoms with van der Waals surface area (Å²) in [5.41, 5.74) is 0. The monoisotopic (exact) mass is 247 g/mol. The average Bonchev–Trinajstić information content (AvgIpc) is 2.84. The molecule has 1 aromatic heterocycles. The van der Waals surface area contributed by atoms with E-state index >= 15 is 0 Å². The minimum Gasteiger partial charge on any atom is -0.394 e. The van der Waals surface area contributed by atoms with Crippen LogP contribution in [0.15, 0.2) is 12.5 Å². The van der Waals surface area contributed by atoms with Crippen molar-refractivity contribution in [2.24, 2.45) is 0 Å². The quantitative estimate of drug-likeness (QED) is 0.433. The Bertz CT molecular complexity index is 489. The zero-order valence-corrected chi connectivity index (χ0v) is 8.37. The Kier molecular flexibility index (Phi) is 2.44. The summed E-state index contributed by atoms with van der Waals surface area (Å²) in [5.74, 6) is -0.490. The van der Waals surface area contributed by atoms with Crippen molar-refractivity contribution in [2.75, 3.05) is 6.56 Å². The van der Waals surface area contributed by atoms with Crippen LogP contribution in [0.2, 0.25) is 0 Å². The van der Waals surface area contributed by atoms with Crippen LogP contribution in [0.5, 0.6) is 0 Å². The third-order valence-corrected chi connectivity index (χ3v) is 2.47. The maximum Gasteiger partial charge on any atom is 0.344 e. The van der Waals surface area contributed by atoms with E-state index in [2.05, 4.69) is 4.98 Å². The Labute approximate surface area is 97.8 Å². The fourth-order valence-electron chi connectivity index (χ4n) is 1.63. The number of aliphatic hydroxyl groups is 3. The molecule has 4 atom stereocenters. The van der Waals surface area contributed by atoms with Gasteiger partial charge in [0.1, 0.15) is 24.5 Å². The van der Waals surface area contributed by atoms with Gasteiger partial charge in [0.2, 0.25) is 6.23 Å². The van der Waals surface area contributed by atoms with Gasteiger partial charge in [0.15, 0.2) is 6.33 Å². The lowest BCUT2D eigenvalue weighted by Crippen LogP contribution is -2.33. The van der Waals surface area contributed by atoms with Crippen LogP contribution in [0.4, 0.5) is 5.82 Å². The van der Waals surface area contributed by atoms with Crippen molar-refractivity contribution in [1.29, 1.82) is 0 Å². The molecule has 0 bridgehead atoms. The number of imidazole rings is 1. The highest BCUT2D eigenvalue weighted by Crippen LogP contribution is 2.31. The van der Waals surface area contributed by atoms with Crippen LogP contribution < -0.4 is 0 Å². The molecule has 0 unspecified atom stereocenters.